The van der Waals surface area contributed by atoms with Crippen LogP contribution < -0.4 is 16.0 Å². The fourth-order valence-electron chi connectivity index (χ4n) is 3.02. The number of carbonyl (C=O) groups is 1. The monoisotopic (exact) mass is 379 g/mol. The highest BCUT2D eigenvalue weighted by Crippen LogP contribution is 2.24. The minimum Gasteiger partial charge on any atom is -0.857 e. The first-order valence-corrected chi connectivity index (χ1v) is 9.24. The lowest BCUT2D eigenvalue weighted by Gasteiger charge is -2.19. The van der Waals surface area contributed by atoms with Crippen molar-refractivity contribution in [1.29, 1.82) is 0 Å². The maximum atomic E-state index is 13.1. The maximum absolute atomic E-state index is 13.1. The van der Waals surface area contributed by atoms with Crippen LogP contribution >= 0.6 is 0 Å². The molecule has 0 aliphatic heterocycles. The van der Waals surface area contributed by atoms with E-state index in [1.807, 2.05) is 30.9 Å². The van der Waals surface area contributed by atoms with Crippen LogP contribution in [0.25, 0.3) is 11.4 Å². The maximum Gasteiger partial charge on any atom is 0.294 e. The van der Waals surface area contributed by atoms with E-state index in [0.717, 1.165) is 0 Å². The Morgan fingerprint density at radius 1 is 0.929 bits per heavy atom. The second-order valence-corrected chi connectivity index (χ2v) is 6.29. The summed E-state index contributed by atoms with van der Waals surface area (Å²) in [5.41, 5.74) is 0.271. The average Bonchev–Trinajstić information content (AvgIpc) is 2.98. The van der Waals surface area contributed by atoms with E-state index in [4.69, 9.17) is 0 Å². The zero-order chi connectivity index (χ0) is 20.1. The van der Waals surface area contributed by atoms with Gasteiger partial charge in [-0.05, 0) is 37.4 Å². The highest BCUT2D eigenvalue weighted by Gasteiger charge is 2.19. The van der Waals surface area contributed by atoms with Gasteiger partial charge in [0.15, 0.2) is 0 Å². The number of aromatic nitrogens is 2. The second kappa shape index (κ2) is 8.58. The van der Waals surface area contributed by atoms with Crippen LogP contribution in [0.3, 0.4) is 0 Å². The van der Waals surface area contributed by atoms with Crippen molar-refractivity contribution in [2.24, 2.45) is 0 Å². The van der Waals surface area contributed by atoms with Gasteiger partial charge in [0.25, 0.3) is 5.56 Å². The molecular formula is C21H23N4O3-. The van der Waals surface area contributed by atoms with Crippen molar-refractivity contribution < 1.29 is 9.90 Å². The summed E-state index contributed by atoms with van der Waals surface area (Å²) in [5.74, 6) is -0.948. The second-order valence-electron chi connectivity index (χ2n) is 6.29. The topological polar surface area (TPSA) is 82.3 Å². The van der Waals surface area contributed by atoms with Gasteiger partial charge in [0, 0.05) is 5.88 Å². The van der Waals surface area contributed by atoms with Gasteiger partial charge in [-0.3, -0.25) is 19.2 Å². The summed E-state index contributed by atoms with van der Waals surface area (Å²) in [6.07, 6.45) is 0. The van der Waals surface area contributed by atoms with Gasteiger partial charge in [-0.1, -0.05) is 50.2 Å². The van der Waals surface area contributed by atoms with Crippen molar-refractivity contribution in [1.82, 2.24) is 14.3 Å². The Morgan fingerprint density at radius 2 is 1.43 bits per heavy atom. The molecule has 0 fully saturated rings. The van der Waals surface area contributed by atoms with E-state index in [2.05, 4.69) is 5.32 Å². The first-order chi connectivity index (χ1) is 13.6. The Hall–Kier alpha value is -3.32. The highest BCUT2D eigenvalue weighted by atomic mass is 16.3. The number of para-hydroxylation sites is 2. The van der Waals surface area contributed by atoms with E-state index in [-0.39, 0.29) is 18.1 Å². The summed E-state index contributed by atoms with van der Waals surface area (Å²) in [5, 5.41) is 15.6. The summed E-state index contributed by atoms with van der Waals surface area (Å²) in [6.45, 7) is 5.42. The summed E-state index contributed by atoms with van der Waals surface area (Å²) >= 11 is 0. The van der Waals surface area contributed by atoms with Gasteiger partial charge >= 0.3 is 0 Å². The van der Waals surface area contributed by atoms with E-state index < -0.39 is 11.4 Å². The highest BCUT2D eigenvalue weighted by molar-refractivity contribution is 5.93. The number of anilines is 1. The van der Waals surface area contributed by atoms with Crippen LogP contribution in [0.1, 0.15) is 13.8 Å². The molecule has 146 valence electrons. The number of amides is 1. The molecule has 28 heavy (non-hydrogen) atoms. The molecular weight excluding hydrogens is 356 g/mol. The van der Waals surface area contributed by atoms with Crippen molar-refractivity contribution in [3.63, 3.8) is 0 Å². The number of hydrogen-bond donors (Lipinski definition) is 1. The fraction of sp³-hybridized carbons (Fsp3) is 0.238. The zero-order valence-corrected chi connectivity index (χ0v) is 16.0. The molecule has 3 rings (SSSR count). The molecule has 0 unspecified atom stereocenters. The molecule has 1 N–H and O–H groups in total. The van der Waals surface area contributed by atoms with Crippen molar-refractivity contribution >= 4 is 11.6 Å². The fourth-order valence-corrected chi connectivity index (χ4v) is 3.02. The lowest BCUT2D eigenvalue weighted by molar-refractivity contribution is -0.276. The Labute approximate surface area is 163 Å². The first-order valence-electron chi connectivity index (χ1n) is 9.24. The minimum absolute atomic E-state index is 0.119. The van der Waals surface area contributed by atoms with Gasteiger partial charge in [-0.25, -0.2) is 4.68 Å². The molecule has 0 saturated heterocycles. The lowest BCUT2D eigenvalue weighted by atomic mass is 10.3. The molecule has 1 aromatic heterocycles. The molecule has 0 spiro atoms. The van der Waals surface area contributed by atoms with E-state index in [9.17, 15) is 14.7 Å². The molecule has 0 bridgehead atoms. The number of rotatable bonds is 7. The van der Waals surface area contributed by atoms with Crippen LogP contribution in [-0.2, 0) is 4.79 Å². The SMILES string of the molecule is CCN(CC)CC(=O)Nc1c([O-])n(-c2ccccc2)n(-c2ccccc2)c1=O. The summed E-state index contributed by atoms with van der Waals surface area (Å²) in [6, 6.07) is 17.7. The molecule has 7 heteroatoms. The van der Waals surface area contributed by atoms with Crippen LogP contribution in [0.5, 0.6) is 5.88 Å². The van der Waals surface area contributed by atoms with Crippen LogP contribution in [0.2, 0.25) is 0 Å². The Kier molecular flexibility index (Phi) is 5.96. The number of carbonyl (C=O) groups excluding carboxylic acids is 1. The molecule has 0 aliphatic carbocycles. The first kappa shape index (κ1) is 19.4. The van der Waals surface area contributed by atoms with Gasteiger partial charge in [-0.15, -0.1) is 0 Å². The third kappa shape index (κ3) is 3.84. The molecule has 0 radical (unpaired) electrons. The minimum atomic E-state index is -0.562. The smallest absolute Gasteiger partial charge is 0.294 e. The molecule has 3 aromatic rings. The Morgan fingerprint density at radius 3 is 1.93 bits per heavy atom. The van der Waals surface area contributed by atoms with Gasteiger partial charge in [0.05, 0.1) is 17.9 Å². The van der Waals surface area contributed by atoms with E-state index in [0.29, 0.717) is 24.5 Å². The number of nitrogens with zero attached hydrogens (tertiary/aromatic N) is 3. The quantitative estimate of drug-likeness (QED) is 0.681. The van der Waals surface area contributed by atoms with E-state index in [1.54, 1.807) is 48.5 Å². The van der Waals surface area contributed by atoms with Crippen LogP contribution in [0.15, 0.2) is 65.5 Å². The van der Waals surface area contributed by atoms with E-state index in [1.165, 1.54) is 9.36 Å². The van der Waals surface area contributed by atoms with Gasteiger partial charge < -0.3 is 10.4 Å². The summed E-state index contributed by atoms with van der Waals surface area (Å²) in [4.78, 5) is 27.4. The Bertz CT molecular complexity index is 990. The van der Waals surface area contributed by atoms with E-state index >= 15 is 0 Å². The standard InChI is InChI=1S/C21H24N4O3/c1-3-23(4-2)15-18(26)22-19-20(27)24(16-11-7-5-8-12-16)25(21(19)28)17-13-9-6-10-14-17/h5-14,27H,3-4,15H2,1-2H3,(H,22,26)/p-1. The molecule has 1 heterocycles. The average molecular weight is 379 g/mol. The Balaban J connectivity index is 2.09. The van der Waals surface area contributed by atoms with Crippen LogP contribution in [0.4, 0.5) is 5.69 Å². The molecule has 2 aromatic carbocycles. The number of hydrogen-bond acceptors (Lipinski definition) is 4. The largest absolute Gasteiger partial charge is 0.857 e. The molecule has 0 saturated carbocycles. The van der Waals surface area contributed by atoms with Crippen molar-refractivity contribution in [2.75, 3.05) is 25.0 Å². The lowest BCUT2D eigenvalue weighted by Crippen LogP contribution is -2.34. The third-order valence-corrected chi connectivity index (χ3v) is 4.54. The molecule has 0 aliphatic rings. The molecule has 7 nitrogen and oxygen atoms in total. The van der Waals surface area contributed by atoms with Crippen molar-refractivity contribution in [3.05, 3.63) is 71.0 Å². The van der Waals surface area contributed by atoms with Crippen LogP contribution in [0, 0.1) is 0 Å². The number of likely N-dealkylation sites (N-methyl/N-ethyl adjacent to an activating group) is 1. The number of nitrogens with one attached hydrogen (secondary N) is 1. The number of benzene rings is 2. The predicted molar refractivity (Wildman–Crippen MR) is 107 cm³/mol. The zero-order valence-electron chi connectivity index (χ0n) is 16.0. The van der Waals surface area contributed by atoms with Crippen LogP contribution in [-0.4, -0.2) is 39.8 Å². The predicted octanol–water partition coefficient (Wildman–Crippen LogP) is 1.98. The van der Waals surface area contributed by atoms with Crippen molar-refractivity contribution in [3.8, 4) is 17.3 Å². The summed E-state index contributed by atoms with van der Waals surface area (Å²) < 4.78 is 2.56. The molecule has 1 amide bonds. The normalized spacial score (nSPS) is 11.0. The van der Waals surface area contributed by atoms with Gasteiger partial charge in [0.2, 0.25) is 5.91 Å². The third-order valence-electron chi connectivity index (χ3n) is 4.54. The van der Waals surface area contributed by atoms with Crippen molar-refractivity contribution in [2.45, 2.75) is 13.8 Å². The summed E-state index contributed by atoms with van der Waals surface area (Å²) in [7, 11) is 0. The van der Waals surface area contributed by atoms with Gasteiger partial charge in [-0.2, -0.15) is 0 Å². The van der Waals surface area contributed by atoms with Gasteiger partial charge in [0.1, 0.15) is 5.69 Å². The molecule has 0 atom stereocenters.